The predicted molar refractivity (Wildman–Crippen MR) is 96.6 cm³/mol. The first kappa shape index (κ1) is 16.4. The number of aromatic nitrogens is 3. The molecular weight excluding hydrogens is 346 g/mol. The Hall–Kier alpha value is -2.51. The number of carbonyl (C=O) groups excluding carboxylic acids is 1. The summed E-state index contributed by atoms with van der Waals surface area (Å²) in [6.45, 7) is 2.01. The van der Waals surface area contributed by atoms with E-state index in [1.807, 2.05) is 25.1 Å². The van der Waals surface area contributed by atoms with Crippen molar-refractivity contribution in [2.75, 3.05) is 10.6 Å². The van der Waals surface area contributed by atoms with Gasteiger partial charge in [0.25, 0.3) is 0 Å². The first-order chi connectivity index (χ1) is 11.6. The fraction of sp³-hybridized carbons (Fsp3) is 0.125. The van der Waals surface area contributed by atoms with Crippen LogP contribution in [0.2, 0.25) is 5.15 Å². The smallest absolute Gasteiger partial charge is 0.292 e. The average Bonchev–Trinajstić information content (AvgIpc) is 3.03. The van der Waals surface area contributed by atoms with E-state index in [0.717, 1.165) is 22.7 Å². The largest absolute Gasteiger partial charge is 0.326 e. The van der Waals surface area contributed by atoms with E-state index in [2.05, 4.69) is 25.6 Å². The molecule has 0 spiro atoms. The molecule has 6 nitrogen and oxygen atoms in total. The minimum Gasteiger partial charge on any atom is -0.292 e. The Morgan fingerprint density at radius 3 is 2.83 bits per heavy atom. The average molecular weight is 360 g/mol. The van der Waals surface area contributed by atoms with Crippen molar-refractivity contribution in [3.8, 4) is 10.6 Å². The maximum Gasteiger partial charge on any atom is 0.326 e. The fourth-order valence-corrected chi connectivity index (χ4v) is 2.93. The van der Waals surface area contributed by atoms with E-state index >= 15 is 0 Å². The summed E-state index contributed by atoms with van der Waals surface area (Å²) in [5.74, 6) is 0.968. The molecule has 24 heavy (non-hydrogen) atoms. The van der Waals surface area contributed by atoms with E-state index in [9.17, 15) is 4.79 Å². The molecule has 0 saturated carbocycles. The number of carbonyl (C=O) groups is 1. The van der Waals surface area contributed by atoms with Crippen molar-refractivity contribution < 1.29 is 4.79 Å². The van der Waals surface area contributed by atoms with Crippen LogP contribution < -0.4 is 10.6 Å². The Morgan fingerprint density at radius 1 is 1.21 bits per heavy atom. The monoisotopic (exact) mass is 359 g/mol. The number of hydrogen-bond acceptors (Lipinski definition) is 5. The van der Waals surface area contributed by atoms with Crippen molar-refractivity contribution >= 4 is 40.6 Å². The number of hydrogen-bond donors (Lipinski definition) is 2. The van der Waals surface area contributed by atoms with Gasteiger partial charge in [-0.2, -0.15) is 0 Å². The van der Waals surface area contributed by atoms with Crippen LogP contribution >= 0.6 is 22.9 Å². The summed E-state index contributed by atoms with van der Waals surface area (Å²) < 4.78 is 0. The molecule has 0 aliphatic carbocycles. The van der Waals surface area contributed by atoms with Gasteiger partial charge in [-0.15, -0.1) is 11.3 Å². The number of urea groups is 1. The highest BCUT2D eigenvalue weighted by Crippen LogP contribution is 2.26. The Balaban J connectivity index is 1.67. The quantitative estimate of drug-likeness (QED) is 0.674. The summed E-state index contributed by atoms with van der Waals surface area (Å²) in [6, 6.07) is 8.66. The fourth-order valence-electron chi connectivity index (χ4n) is 2.01. The van der Waals surface area contributed by atoms with Gasteiger partial charge in [0.15, 0.2) is 0 Å². The second-order valence-corrected chi connectivity index (χ2v) is 6.10. The zero-order valence-electron chi connectivity index (χ0n) is 12.8. The maximum absolute atomic E-state index is 12.1. The minimum absolute atomic E-state index is 0.389. The molecule has 122 valence electrons. The van der Waals surface area contributed by atoms with Crippen LogP contribution in [0.4, 0.5) is 16.4 Å². The molecular formula is C16H14ClN5OS. The number of aryl methyl sites for hydroxylation is 1. The topological polar surface area (TPSA) is 79.8 Å². The number of rotatable bonds is 4. The lowest BCUT2D eigenvalue weighted by atomic mass is 10.3. The van der Waals surface area contributed by atoms with Crippen LogP contribution in [0, 0.1) is 0 Å². The van der Waals surface area contributed by atoms with Crippen LogP contribution in [0.3, 0.4) is 0 Å². The molecule has 3 heterocycles. The van der Waals surface area contributed by atoms with Gasteiger partial charge in [0.1, 0.15) is 21.8 Å². The molecule has 0 atom stereocenters. The molecule has 0 saturated heterocycles. The van der Waals surface area contributed by atoms with E-state index < -0.39 is 0 Å². The van der Waals surface area contributed by atoms with E-state index in [4.69, 9.17) is 11.6 Å². The molecule has 3 rings (SSSR count). The lowest BCUT2D eigenvalue weighted by Crippen LogP contribution is -2.20. The van der Waals surface area contributed by atoms with Gasteiger partial charge in [0.05, 0.1) is 0 Å². The van der Waals surface area contributed by atoms with E-state index in [1.54, 1.807) is 23.7 Å². The van der Waals surface area contributed by atoms with Crippen molar-refractivity contribution in [3.05, 3.63) is 52.8 Å². The molecule has 3 aromatic rings. The van der Waals surface area contributed by atoms with Crippen molar-refractivity contribution in [2.45, 2.75) is 13.3 Å². The summed E-state index contributed by atoms with van der Waals surface area (Å²) in [6.07, 6.45) is 2.42. The van der Waals surface area contributed by atoms with E-state index in [1.165, 1.54) is 11.3 Å². The van der Waals surface area contributed by atoms with Crippen LogP contribution in [0.1, 0.15) is 12.6 Å². The first-order valence-corrected chi connectivity index (χ1v) is 8.51. The summed E-state index contributed by atoms with van der Waals surface area (Å²) in [5.41, 5.74) is 1.77. The van der Waals surface area contributed by atoms with Gasteiger partial charge in [-0.1, -0.05) is 24.6 Å². The maximum atomic E-state index is 12.1. The van der Waals surface area contributed by atoms with Gasteiger partial charge < -0.3 is 0 Å². The van der Waals surface area contributed by atoms with Crippen LogP contribution in [0.5, 0.6) is 0 Å². The van der Waals surface area contributed by atoms with E-state index in [-0.39, 0.29) is 6.03 Å². The number of anilines is 2. The van der Waals surface area contributed by atoms with Gasteiger partial charge in [0, 0.05) is 22.8 Å². The van der Waals surface area contributed by atoms with Crippen molar-refractivity contribution in [2.24, 2.45) is 0 Å². The SMILES string of the molecule is CCc1cccc(NC(=O)Nc2csc(-c3ccnc(Cl)c3)n2)n1. The highest BCUT2D eigenvalue weighted by atomic mass is 35.5. The molecule has 8 heteroatoms. The standard InChI is InChI=1S/C16H14ClN5OS/c1-2-11-4-3-5-13(19-11)21-16(23)22-14-9-24-15(20-14)10-6-7-18-12(17)8-10/h3-9H,2H2,1H3,(H2,19,21,22,23). The third-order valence-electron chi connectivity index (χ3n) is 3.13. The van der Waals surface area contributed by atoms with Gasteiger partial charge in [-0.05, 0) is 30.7 Å². The van der Waals surface area contributed by atoms with Crippen molar-refractivity contribution in [1.29, 1.82) is 0 Å². The highest BCUT2D eigenvalue weighted by molar-refractivity contribution is 7.13. The number of nitrogens with one attached hydrogen (secondary N) is 2. The Bertz CT molecular complexity index is 867. The molecule has 0 bridgehead atoms. The van der Waals surface area contributed by atoms with Crippen LogP contribution in [-0.2, 0) is 6.42 Å². The minimum atomic E-state index is -0.389. The van der Waals surface area contributed by atoms with Crippen molar-refractivity contribution in [1.82, 2.24) is 15.0 Å². The Morgan fingerprint density at radius 2 is 2.04 bits per heavy atom. The molecule has 3 aromatic heterocycles. The summed E-state index contributed by atoms with van der Waals surface area (Å²) in [5, 5.41) is 8.30. The lowest BCUT2D eigenvalue weighted by molar-refractivity contribution is 0.262. The highest BCUT2D eigenvalue weighted by Gasteiger charge is 2.09. The molecule has 0 aromatic carbocycles. The number of pyridine rings is 2. The Kier molecular flexibility index (Phi) is 5.02. The number of thiazole rings is 1. The Labute approximate surface area is 148 Å². The first-order valence-electron chi connectivity index (χ1n) is 7.25. The lowest BCUT2D eigenvalue weighted by Gasteiger charge is -2.06. The van der Waals surface area contributed by atoms with Crippen LogP contribution in [0.15, 0.2) is 41.9 Å². The van der Waals surface area contributed by atoms with Crippen LogP contribution in [0.25, 0.3) is 10.6 Å². The zero-order chi connectivity index (χ0) is 16.9. The molecule has 2 amide bonds. The number of nitrogens with zero attached hydrogens (tertiary/aromatic N) is 3. The van der Waals surface area contributed by atoms with Gasteiger partial charge in [-0.25, -0.2) is 19.7 Å². The van der Waals surface area contributed by atoms with Gasteiger partial charge in [0.2, 0.25) is 0 Å². The molecule has 0 aliphatic rings. The zero-order valence-corrected chi connectivity index (χ0v) is 14.4. The second kappa shape index (κ2) is 7.37. The molecule has 2 N–H and O–H groups in total. The third kappa shape index (κ3) is 4.06. The molecule has 0 aliphatic heterocycles. The van der Waals surface area contributed by atoms with Gasteiger partial charge >= 0.3 is 6.03 Å². The predicted octanol–water partition coefficient (Wildman–Crippen LogP) is 4.46. The molecule has 0 unspecified atom stereocenters. The molecule has 0 fully saturated rings. The van der Waals surface area contributed by atoms with Crippen molar-refractivity contribution in [3.63, 3.8) is 0 Å². The molecule has 0 radical (unpaired) electrons. The van der Waals surface area contributed by atoms with E-state index in [0.29, 0.717) is 16.8 Å². The third-order valence-corrected chi connectivity index (χ3v) is 4.23. The van der Waals surface area contributed by atoms with Gasteiger partial charge in [-0.3, -0.25) is 10.6 Å². The summed E-state index contributed by atoms with van der Waals surface area (Å²) in [4.78, 5) is 24.7. The number of amides is 2. The normalized spacial score (nSPS) is 10.4. The summed E-state index contributed by atoms with van der Waals surface area (Å²) >= 11 is 7.29. The second-order valence-electron chi connectivity index (χ2n) is 4.85. The van der Waals surface area contributed by atoms with Crippen LogP contribution in [-0.4, -0.2) is 21.0 Å². The summed E-state index contributed by atoms with van der Waals surface area (Å²) in [7, 11) is 0. The number of halogens is 1.